The number of hydrogen-bond donors (Lipinski definition) is 3. The number of rotatable bonds is 70. The van der Waals surface area contributed by atoms with Gasteiger partial charge in [0.05, 0.1) is 32.8 Å². The molecule has 0 amide bonds. The summed E-state index contributed by atoms with van der Waals surface area (Å²) in [6.07, 6.45) is 86.8. The number of aliphatic hydroxyl groups excluding tert-OH is 1. The third-order valence-electron chi connectivity index (χ3n) is 15.2. The molecule has 17 nitrogen and oxygen atoms in total. The predicted molar refractivity (Wildman–Crippen MR) is 417 cm³/mol. The molecule has 0 saturated heterocycles. The van der Waals surface area contributed by atoms with Gasteiger partial charge in [-0.3, -0.25) is 37.3 Å². The average molecular weight is 1470 g/mol. The van der Waals surface area contributed by atoms with E-state index >= 15 is 0 Å². The van der Waals surface area contributed by atoms with Crippen molar-refractivity contribution in [2.45, 2.75) is 290 Å². The first kappa shape index (κ1) is 96.4. The largest absolute Gasteiger partial charge is 0.472 e. The molecule has 0 rings (SSSR count). The summed E-state index contributed by atoms with van der Waals surface area (Å²) in [5, 5.41) is 10.6. The van der Waals surface area contributed by atoms with Gasteiger partial charge in [-0.25, -0.2) is 9.13 Å². The van der Waals surface area contributed by atoms with Gasteiger partial charge in [0, 0.05) is 19.3 Å². The van der Waals surface area contributed by atoms with Gasteiger partial charge < -0.3 is 33.8 Å². The molecule has 0 aromatic rings. The maximum Gasteiger partial charge on any atom is 0.472 e. The molecule has 0 aromatic carbocycles. The number of phosphoric ester groups is 2. The van der Waals surface area contributed by atoms with Crippen LogP contribution in [0.25, 0.3) is 0 Å². The van der Waals surface area contributed by atoms with Crippen LogP contribution in [-0.2, 0) is 65.4 Å². The van der Waals surface area contributed by atoms with Crippen LogP contribution in [-0.4, -0.2) is 96.7 Å². The zero-order valence-corrected chi connectivity index (χ0v) is 64.8. The maximum atomic E-state index is 13.1. The molecule has 0 radical (unpaired) electrons. The van der Waals surface area contributed by atoms with Crippen molar-refractivity contribution in [3.8, 4) is 0 Å². The van der Waals surface area contributed by atoms with Crippen molar-refractivity contribution in [1.29, 1.82) is 0 Å². The summed E-state index contributed by atoms with van der Waals surface area (Å²) < 4.78 is 68.2. The summed E-state index contributed by atoms with van der Waals surface area (Å²) in [6.45, 7) is 4.32. The van der Waals surface area contributed by atoms with E-state index in [4.69, 9.17) is 37.0 Å². The van der Waals surface area contributed by atoms with Gasteiger partial charge in [-0.15, -0.1) is 0 Å². The van der Waals surface area contributed by atoms with E-state index in [1.54, 1.807) is 12.2 Å². The van der Waals surface area contributed by atoms with Crippen molar-refractivity contribution >= 4 is 39.5 Å². The first-order chi connectivity index (χ1) is 49.7. The Balaban J connectivity index is 5.51. The van der Waals surface area contributed by atoms with Gasteiger partial charge in [-0.1, -0.05) is 275 Å². The van der Waals surface area contributed by atoms with Gasteiger partial charge in [0.1, 0.15) is 19.3 Å². The lowest BCUT2D eigenvalue weighted by molar-refractivity contribution is -0.161. The highest BCUT2D eigenvalue weighted by Crippen LogP contribution is 2.45. The predicted octanol–water partition coefficient (Wildman–Crippen LogP) is 22.2. The minimum atomic E-state index is -5.02. The quantitative estimate of drug-likeness (QED) is 0.0169. The zero-order valence-electron chi connectivity index (χ0n) is 63.0. The van der Waals surface area contributed by atoms with Crippen LogP contribution in [0.1, 0.15) is 272 Å². The molecule has 0 heterocycles. The van der Waals surface area contributed by atoms with Gasteiger partial charge in [0.2, 0.25) is 0 Å². The molecule has 0 saturated carbocycles. The smallest absolute Gasteiger partial charge is 0.462 e. The highest BCUT2D eigenvalue weighted by Gasteiger charge is 2.30. The van der Waals surface area contributed by atoms with Crippen molar-refractivity contribution in [3.63, 3.8) is 0 Å². The second-order valence-corrected chi connectivity index (χ2v) is 27.7. The summed E-state index contributed by atoms with van der Waals surface area (Å²) in [4.78, 5) is 72.8. The minimum Gasteiger partial charge on any atom is -0.462 e. The van der Waals surface area contributed by atoms with E-state index in [1.165, 1.54) is 38.5 Å². The van der Waals surface area contributed by atoms with Crippen LogP contribution in [0.15, 0.2) is 170 Å². The molecule has 102 heavy (non-hydrogen) atoms. The third-order valence-corrected chi connectivity index (χ3v) is 17.1. The normalized spacial score (nSPS) is 14.9. The Hall–Kier alpha value is -5.58. The van der Waals surface area contributed by atoms with Crippen LogP contribution in [0.3, 0.4) is 0 Å². The van der Waals surface area contributed by atoms with Gasteiger partial charge in [-0.2, -0.15) is 0 Å². The van der Waals surface area contributed by atoms with Crippen LogP contribution >= 0.6 is 15.6 Å². The van der Waals surface area contributed by atoms with Gasteiger partial charge in [0.25, 0.3) is 0 Å². The molecule has 0 aliphatic heterocycles. The lowest BCUT2D eigenvalue weighted by Gasteiger charge is -2.21. The lowest BCUT2D eigenvalue weighted by atomic mass is 10.1. The lowest BCUT2D eigenvalue weighted by Crippen LogP contribution is -2.30. The van der Waals surface area contributed by atoms with E-state index in [9.17, 15) is 43.2 Å². The number of aliphatic hydroxyl groups is 1. The van der Waals surface area contributed by atoms with Crippen molar-refractivity contribution < 1.29 is 80.2 Å². The molecule has 0 fully saturated rings. The molecule has 0 spiro atoms. The fourth-order valence-electron chi connectivity index (χ4n) is 9.41. The number of phosphoric acid groups is 2. The Morgan fingerprint density at radius 1 is 0.294 bits per heavy atom. The second-order valence-electron chi connectivity index (χ2n) is 24.8. The second kappa shape index (κ2) is 73.7. The van der Waals surface area contributed by atoms with E-state index < -0.39 is 97.5 Å². The highest BCUT2D eigenvalue weighted by molar-refractivity contribution is 7.47. The van der Waals surface area contributed by atoms with Crippen LogP contribution in [0.4, 0.5) is 0 Å². The molecule has 0 aromatic heterocycles. The number of esters is 4. The third kappa shape index (κ3) is 72.8. The average Bonchev–Trinajstić information content (AvgIpc) is 0.924. The number of allylic oxidation sites excluding steroid dienone is 27. The Labute approximate surface area is 616 Å². The standard InChI is InChI=1S/C83H134O17P2/c1-5-9-13-17-21-25-29-33-36-37-38-39-42-45-48-52-56-60-64-68-81(86)94-74-79(100-83(88)70-66-62-58-54-50-46-41-35-31-27-23-19-15-11-7-3)76-98-102(91,92)96-72-77(84)71-95-101(89,90)97-75-78(99-82(87)69-65-61-57-53-49-43-32-28-24-20-16-12-8-4)73-93-80(85)67-63-59-55-51-47-44-40-34-30-26-22-18-14-10-6-2/h9,11,13,15-16,20-21,23,25,27-28,32-36,38-41,45,48,50,54,56,60,62,66,77-79,84H,5-8,10,12,14,17-19,22,24,26,29-31,37,42-44,46-47,49,51-53,55,57-59,61,63-65,67-76H2,1-4H3,(H,89,90)(H,91,92)/b13-9-,15-11-,20-16-,25-21-,27-23-,32-28-,36-33-,39-38-,40-34-,41-35-,48-45-,54-50-,60-56-,66-62-. The summed E-state index contributed by atoms with van der Waals surface area (Å²) in [5.41, 5.74) is 0. The number of unbranched alkanes of at least 4 members (excludes halogenated alkanes) is 17. The van der Waals surface area contributed by atoms with Crippen LogP contribution in [0.5, 0.6) is 0 Å². The molecule has 0 aliphatic carbocycles. The van der Waals surface area contributed by atoms with E-state index in [-0.39, 0.29) is 25.7 Å². The van der Waals surface area contributed by atoms with Crippen molar-refractivity contribution in [3.05, 3.63) is 170 Å². The summed E-state index contributed by atoms with van der Waals surface area (Å²) in [5.74, 6) is -2.46. The molecule has 0 bridgehead atoms. The Morgan fingerprint density at radius 3 is 0.980 bits per heavy atom. The summed E-state index contributed by atoms with van der Waals surface area (Å²) >= 11 is 0. The van der Waals surface area contributed by atoms with Crippen LogP contribution in [0.2, 0.25) is 0 Å². The monoisotopic (exact) mass is 1460 g/mol. The molecule has 3 N–H and O–H groups in total. The first-order valence-electron chi connectivity index (χ1n) is 38.4. The fourth-order valence-corrected chi connectivity index (χ4v) is 11.0. The summed E-state index contributed by atoms with van der Waals surface area (Å²) in [7, 11) is -10.0. The molecular weight excluding hydrogens is 1330 g/mol. The number of carbonyl (C=O) groups is 4. The number of ether oxygens (including phenoxy) is 4. The molecule has 578 valence electrons. The van der Waals surface area contributed by atoms with Gasteiger partial charge in [0.15, 0.2) is 12.2 Å². The SMILES string of the molecule is CC/C=C\C/C=C\C/C=C\C/C=C\C/C=C\C/C=C\CCC(=O)OCC(COP(=O)(O)OCC(O)COP(=O)(O)OCC(COC(=O)CCCCCCC/C=C\CCCCCCCC)OC(=O)CCCCCCC/C=C\C/C=C\CCC)OC(=O)C/C=C\C/C=C\C/C=C\C/C=C\C/C=C\CC. The summed E-state index contributed by atoms with van der Waals surface area (Å²) in [6, 6.07) is 0. The topological polar surface area (TPSA) is 237 Å². The van der Waals surface area contributed by atoms with E-state index in [0.717, 1.165) is 148 Å². The Bertz CT molecular complexity index is 2600. The minimum absolute atomic E-state index is 0.0100. The highest BCUT2D eigenvalue weighted by atomic mass is 31.2. The molecule has 5 atom stereocenters. The molecule has 19 heteroatoms. The van der Waals surface area contributed by atoms with Gasteiger partial charge >= 0.3 is 39.5 Å². The molecule has 5 unspecified atom stereocenters. The Kier molecular flexibility index (Phi) is 69.7. The zero-order chi connectivity index (χ0) is 74.6. The molecular formula is C83H134O17P2. The first-order valence-corrected chi connectivity index (χ1v) is 41.4. The maximum absolute atomic E-state index is 13.1. The Morgan fingerprint density at radius 2 is 0.588 bits per heavy atom. The van der Waals surface area contributed by atoms with Crippen LogP contribution < -0.4 is 0 Å². The van der Waals surface area contributed by atoms with Crippen molar-refractivity contribution in [2.24, 2.45) is 0 Å². The number of carbonyl (C=O) groups excluding carboxylic acids is 4. The van der Waals surface area contributed by atoms with E-state index in [0.29, 0.717) is 32.1 Å². The van der Waals surface area contributed by atoms with Gasteiger partial charge in [-0.05, 0) is 141 Å². The van der Waals surface area contributed by atoms with Crippen molar-refractivity contribution in [1.82, 2.24) is 0 Å². The van der Waals surface area contributed by atoms with Crippen molar-refractivity contribution in [2.75, 3.05) is 39.6 Å². The van der Waals surface area contributed by atoms with E-state index in [2.05, 4.69) is 155 Å². The van der Waals surface area contributed by atoms with E-state index in [1.807, 2.05) is 30.4 Å². The molecule has 0 aliphatic rings. The fraction of sp³-hybridized carbons (Fsp3) is 0.614. The number of hydrogen-bond acceptors (Lipinski definition) is 15. The van der Waals surface area contributed by atoms with Crippen LogP contribution in [0, 0.1) is 0 Å².